The van der Waals surface area contributed by atoms with Crippen LogP contribution < -0.4 is 11.1 Å². The summed E-state index contributed by atoms with van der Waals surface area (Å²) in [6.45, 7) is 6.79. The molecule has 17 heavy (non-hydrogen) atoms. The van der Waals surface area contributed by atoms with Crippen LogP contribution in [-0.2, 0) is 0 Å². The maximum atomic E-state index is 10.0. The van der Waals surface area contributed by atoms with Gasteiger partial charge in [-0.3, -0.25) is 0 Å². The van der Waals surface area contributed by atoms with Gasteiger partial charge in [0.1, 0.15) is 0 Å². The van der Waals surface area contributed by atoms with Crippen LogP contribution in [0.25, 0.3) is 0 Å². The maximum Gasteiger partial charge on any atom is 0.0740 e. The Morgan fingerprint density at radius 1 is 1.29 bits per heavy atom. The third kappa shape index (κ3) is 3.63. The van der Waals surface area contributed by atoms with Crippen LogP contribution in [-0.4, -0.2) is 17.8 Å². The fraction of sp³-hybridized carbons (Fsp3) is 0.571. The van der Waals surface area contributed by atoms with E-state index in [9.17, 15) is 5.11 Å². The molecule has 0 heterocycles. The number of rotatable bonds is 6. The summed E-state index contributed by atoms with van der Waals surface area (Å²) in [5.41, 5.74) is 8.70. The molecule has 1 rings (SSSR count). The molecule has 3 heteroatoms. The maximum absolute atomic E-state index is 10.0. The Labute approximate surface area is 104 Å². The Morgan fingerprint density at radius 3 is 2.47 bits per heavy atom. The van der Waals surface area contributed by atoms with E-state index >= 15 is 0 Å². The number of benzene rings is 1. The SMILES string of the molecule is CCC(CC)C(O)CNc1c(C)cccc1N. The van der Waals surface area contributed by atoms with Gasteiger partial charge in [0.25, 0.3) is 0 Å². The number of anilines is 2. The van der Waals surface area contributed by atoms with Crippen LogP contribution in [0.2, 0.25) is 0 Å². The van der Waals surface area contributed by atoms with Gasteiger partial charge in [-0.1, -0.05) is 38.8 Å². The van der Waals surface area contributed by atoms with Crippen molar-refractivity contribution in [3.63, 3.8) is 0 Å². The molecule has 0 saturated heterocycles. The highest BCUT2D eigenvalue weighted by atomic mass is 16.3. The minimum atomic E-state index is -0.316. The molecule has 0 fully saturated rings. The number of nitrogens with two attached hydrogens (primary N) is 1. The second kappa shape index (κ2) is 6.50. The standard InChI is InChI=1S/C14H24N2O/c1-4-11(5-2)13(17)9-16-14-10(3)7-6-8-12(14)15/h6-8,11,13,16-17H,4-5,9,15H2,1-3H3. The monoisotopic (exact) mass is 236 g/mol. The molecule has 0 radical (unpaired) electrons. The van der Waals surface area contributed by atoms with Crippen molar-refractivity contribution in [2.45, 2.75) is 39.7 Å². The zero-order valence-electron chi connectivity index (χ0n) is 11.0. The molecule has 0 aliphatic heterocycles. The highest BCUT2D eigenvalue weighted by Crippen LogP contribution is 2.23. The van der Waals surface area contributed by atoms with Crippen LogP contribution in [0.5, 0.6) is 0 Å². The highest BCUT2D eigenvalue weighted by Gasteiger charge is 2.15. The summed E-state index contributed by atoms with van der Waals surface area (Å²) >= 11 is 0. The molecule has 1 atom stereocenters. The van der Waals surface area contributed by atoms with E-state index in [4.69, 9.17) is 5.73 Å². The van der Waals surface area contributed by atoms with Crippen LogP contribution in [0.3, 0.4) is 0 Å². The molecule has 0 amide bonds. The lowest BCUT2D eigenvalue weighted by Gasteiger charge is -2.22. The molecule has 4 N–H and O–H groups in total. The van der Waals surface area contributed by atoms with Crippen molar-refractivity contribution in [3.05, 3.63) is 23.8 Å². The molecule has 1 unspecified atom stereocenters. The topological polar surface area (TPSA) is 58.3 Å². The zero-order chi connectivity index (χ0) is 12.8. The minimum Gasteiger partial charge on any atom is -0.397 e. The summed E-state index contributed by atoms with van der Waals surface area (Å²) in [6.07, 6.45) is 1.69. The van der Waals surface area contributed by atoms with Crippen LogP contribution in [0, 0.1) is 12.8 Å². The van der Waals surface area contributed by atoms with Gasteiger partial charge < -0.3 is 16.2 Å². The second-order valence-corrected chi connectivity index (χ2v) is 4.56. The predicted molar refractivity (Wildman–Crippen MR) is 74.2 cm³/mol. The average Bonchev–Trinajstić information content (AvgIpc) is 2.30. The number of aliphatic hydroxyl groups is 1. The van der Waals surface area contributed by atoms with Gasteiger partial charge in [0.2, 0.25) is 0 Å². The molecular formula is C14H24N2O. The molecule has 0 aliphatic carbocycles. The summed E-state index contributed by atoms with van der Waals surface area (Å²) in [6, 6.07) is 5.83. The Hall–Kier alpha value is -1.22. The minimum absolute atomic E-state index is 0.316. The Balaban J connectivity index is 2.61. The lowest BCUT2D eigenvalue weighted by Crippen LogP contribution is -2.28. The van der Waals surface area contributed by atoms with Gasteiger partial charge in [0.05, 0.1) is 17.5 Å². The van der Waals surface area contributed by atoms with Crippen molar-refractivity contribution in [3.8, 4) is 0 Å². The Kier molecular flexibility index (Phi) is 5.29. The summed E-state index contributed by atoms with van der Waals surface area (Å²) < 4.78 is 0. The van der Waals surface area contributed by atoms with Crippen LogP contribution in [0.1, 0.15) is 32.3 Å². The fourth-order valence-electron chi connectivity index (χ4n) is 2.14. The van der Waals surface area contributed by atoms with Crippen molar-refractivity contribution in [1.29, 1.82) is 0 Å². The zero-order valence-corrected chi connectivity index (χ0v) is 11.0. The molecule has 0 aromatic heterocycles. The molecule has 0 saturated carbocycles. The van der Waals surface area contributed by atoms with Gasteiger partial charge in [-0.05, 0) is 24.5 Å². The first-order valence-electron chi connectivity index (χ1n) is 6.37. The predicted octanol–water partition coefficient (Wildman–Crippen LogP) is 2.79. The van der Waals surface area contributed by atoms with Crippen molar-refractivity contribution in [2.75, 3.05) is 17.6 Å². The first-order valence-corrected chi connectivity index (χ1v) is 6.37. The number of nitrogen functional groups attached to an aromatic ring is 1. The van der Waals surface area contributed by atoms with Gasteiger partial charge in [-0.2, -0.15) is 0 Å². The molecule has 0 bridgehead atoms. The number of aryl methyl sites for hydroxylation is 1. The van der Waals surface area contributed by atoms with Gasteiger partial charge in [-0.25, -0.2) is 0 Å². The summed E-state index contributed by atoms with van der Waals surface area (Å²) in [4.78, 5) is 0. The number of hydrogen-bond acceptors (Lipinski definition) is 3. The van der Waals surface area contributed by atoms with Crippen molar-refractivity contribution in [2.24, 2.45) is 5.92 Å². The first-order chi connectivity index (χ1) is 8.10. The lowest BCUT2D eigenvalue weighted by molar-refractivity contribution is 0.114. The summed E-state index contributed by atoms with van der Waals surface area (Å²) in [7, 11) is 0. The molecule has 1 aromatic rings. The van der Waals surface area contributed by atoms with Gasteiger partial charge >= 0.3 is 0 Å². The highest BCUT2D eigenvalue weighted by molar-refractivity contribution is 5.69. The van der Waals surface area contributed by atoms with E-state index in [0.717, 1.165) is 29.8 Å². The van der Waals surface area contributed by atoms with E-state index in [1.807, 2.05) is 25.1 Å². The summed E-state index contributed by atoms with van der Waals surface area (Å²) in [5, 5.41) is 13.3. The van der Waals surface area contributed by atoms with Crippen LogP contribution in [0.15, 0.2) is 18.2 Å². The Morgan fingerprint density at radius 2 is 1.94 bits per heavy atom. The van der Waals surface area contributed by atoms with Crippen LogP contribution >= 0.6 is 0 Å². The van der Waals surface area contributed by atoms with Crippen LogP contribution in [0.4, 0.5) is 11.4 Å². The van der Waals surface area contributed by atoms with E-state index in [0.29, 0.717) is 12.5 Å². The van der Waals surface area contributed by atoms with E-state index in [1.54, 1.807) is 0 Å². The van der Waals surface area contributed by atoms with Gasteiger partial charge in [-0.15, -0.1) is 0 Å². The van der Waals surface area contributed by atoms with E-state index < -0.39 is 0 Å². The van der Waals surface area contributed by atoms with E-state index in [-0.39, 0.29) is 6.10 Å². The quantitative estimate of drug-likeness (QED) is 0.666. The molecule has 3 nitrogen and oxygen atoms in total. The molecule has 0 aliphatic rings. The first kappa shape index (κ1) is 13.8. The Bertz CT molecular complexity index is 328. The van der Waals surface area contributed by atoms with E-state index in [2.05, 4.69) is 19.2 Å². The van der Waals surface area contributed by atoms with Gasteiger partial charge in [0, 0.05) is 6.54 Å². The number of aliphatic hydroxyl groups excluding tert-OH is 1. The van der Waals surface area contributed by atoms with Gasteiger partial charge in [0.15, 0.2) is 0 Å². The van der Waals surface area contributed by atoms with Crippen molar-refractivity contribution >= 4 is 11.4 Å². The van der Waals surface area contributed by atoms with Crippen molar-refractivity contribution < 1.29 is 5.11 Å². The fourth-order valence-corrected chi connectivity index (χ4v) is 2.14. The number of para-hydroxylation sites is 1. The third-order valence-electron chi connectivity index (χ3n) is 3.39. The van der Waals surface area contributed by atoms with Crippen molar-refractivity contribution in [1.82, 2.24) is 0 Å². The van der Waals surface area contributed by atoms with E-state index in [1.165, 1.54) is 0 Å². The molecule has 0 spiro atoms. The lowest BCUT2D eigenvalue weighted by atomic mass is 9.96. The summed E-state index contributed by atoms with van der Waals surface area (Å²) in [5.74, 6) is 0.354. The average molecular weight is 236 g/mol. The molecule has 1 aromatic carbocycles. The molecular weight excluding hydrogens is 212 g/mol. The number of nitrogens with one attached hydrogen (secondary N) is 1. The molecule has 96 valence electrons. The normalized spacial score (nSPS) is 12.8. The smallest absolute Gasteiger partial charge is 0.0740 e. The largest absolute Gasteiger partial charge is 0.397 e. The second-order valence-electron chi connectivity index (χ2n) is 4.56. The third-order valence-corrected chi connectivity index (χ3v) is 3.39. The number of hydrogen-bond donors (Lipinski definition) is 3.